The molecule has 0 bridgehead atoms. The number of aromatic nitrogens is 5. The molecule has 0 aliphatic rings. The van der Waals surface area contributed by atoms with Crippen LogP contribution in [0.3, 0.4) is 0 Å². The van der Waals surface area contributed by atoms with Crippen molar-refractivity contribution in [3.8, 4) is 22.7 Å². The van der Waals surface area contributed by atoms with Crippen molar-refractivity contribution < 1.29 is 4.74 Å². The van der Waals surface area contributed by atoms with Crippen LogP contribution in [0.25, 0.3) is 40.1 Å². The fourth-order valence-corrected chi connectivity index (χ4v) is 5.63. The zero-order valence-electron chi connectivity index (χ0n) is 19.4. The van der Waals surface area contributed by atoms with E-state index >= 15 is 0 Å². The standard InChI is InChI=1S/C27H18ClN5O2S2/c1-35-22-11-9-17(14-21(22)28)25-18(16-32(31-25)19-6-3-2-4-7-19)15-23-26(34)33-27(37-23)29-24(30-33)12-10-20-8-5-13-36-20/h2-16H,1H3/b12-10+,23-15-. The molecule has 10 heteroatoms. The first-order chi connectivity index (χ1) is 18.1. The summed E-state index contributed by atoms with van der Waals surface area (Å²) in [5.74, 6) is 1.07. The molecule has 0 unspecified atom stereocenters. The fourth-order valence-electron chi connectivity index (χ4n) is 3.85. The zero-order valence-corrected chi connectivity index (χ0v) is 21.8. The monoisotopic (exact) mass is 543 g/mol. The molecular formula is C27H18ClN5O2S2. The normalized spacial score (nSPS) is 12.2. The molecule has 37 heavy (non-hydrogen) atoms. The van der Waals surface area contributed by atoms with Crippen molar-refractivity contribution in [2.75, 3.05) is 7.11 Å². The van der Waals surface area contributed by atoms with Crippen LogP contribution in [0.4, 0.5) is 0 Å². The van der Waals surface area contributed by atoms with E-state index in [9.17, 15) is 4.79 Å². The summed E-state index contributed by atoms with van der Waals surface area (Å²) in [6.45, 7) is 0. The SMILES string of the molecule is COc1ccc(-c2nn(-c3ccccc3)cc2/C=c2\sc3nc(/C=C/c4cccs4)nn3c2=O)cc1Cl. The second kappa shape index (κ2) is 9.78. The number of rotatable bonds is 6. The van der Waals surface area contributed by atoms with Crippen LogP contribution in [0.15, 0.2) is 77.0 Å². The first-order valence-corrected chi connectivity index (χ1v) is 13.3. The van der Waals surface area contributed by atoms with Gasteiger partial charge in [0.1, 0.15) is 11.4 Å². The van der Waals surface area contributed by atoms with Crippen molar-refractivity contribution in [2.45, 2.75) is 0 Å². The Morgan fingerprint density at radius 1 is 1.03 bits per heavy atom. The van der Waals surface area contributed by atoms with Crippen LogP contribution < -0.4 is 14.8 Å². The molecule has 0 radical (unpaired) electrons. The molecule has 0 amide bonds. The number of hydrogen-bond donors (Lipinski definition) is 0. The maximum atomic E-state index is 13.2. The molecule has 0 spiro atoms. The smallest absolute Gasteiger partial charge is 0.291 e. The Morgan fingerprint density at radius 2 is 1.89 bits per heavy atom. The summed E-state index contributed by atoms with van der Waals surface area (Å²) in [5, 5.41) is 11.7. The van der Waals surface area contributed by atoms with Gasteiger partial charge in [-0.15, -0.1) is 16.4 Å². The highest BCUT2D eigenvalue weighted by Gasteiger charge is 2.15. The number of nitrogens with zero attached hydrogens (tertiary/aromatic N) is 5. The molecule has 4 heterocycles. The van der Waals surface area contributed by atoms with Gasteiger partial charge in [0.05, 0.1) is 22.4 Å². The first kappa shape index (κ1) is 23.4. The lowest BCUT2D eigenvalue weighted by Crippen LogP contribution is -2.23. The van der Waals surface area contributed by atoms with Gasteiger partial charge in [-0.2, -0.15) is 14.6 Å². The summed E-state index contributed by atoms with van der Waals surface area (Å²) in [4.78, 5) is 19.3. The summed E-state index contributed by atoms with van der Waals surface area (Å²) in [7, 11) is 1.57. The minimum atomic E-state index is -0.227. The Kier molecular flexibility index (Phi) is 6.17. The summed E-state index contributed by atoms with van der Waals surface area (Å²) < 4.78 is 8.94. The van der Waals surface area contributed by atoms with E-state index in [1.165, 1.54) is 15.9 Å². The minimum absolute atomic E-state index is 0.227. The number of thiophene rings is 1. The summed E-state index contributed by atoms with van der Waals surface area (Å²) in [6.07, 6.45) is 7.47. The summed E-state index contributed by atoms with van der Waals surface area (Å²) >= 11 is 9.32. The number of methoxy groups -OCH3 is 1. The number of halogens is 1. The predicted octanol–water partition coefficient (Wildman–Crippen LogP) is 5.45. The Balaban J connectivity index is 1.45. The number of hydrogen-bond acceptors (Lipinski definition) is 7. The first-order valence-electron chi connectivity index (χ1n) is 11.2. The molecule has 182 valence electrons. The minimum Gasteiger partial charge on any atom is -0.495 e. The molecule has 6 aromatic rings. The van der Waals surface area contributed by atoms with Crippen molar-refractivity contribution in [3.05, 3.63) is 108 Å². The molecule has 4 aromatic heterocycles. The van der Waals surface area contributed by atoms with Crippen LogP contribution in [0.1, 0.15) is 16.3 Å². The second-order valence-corrected chi connectivity index (χ2v) is 10.4. The van der Waals surface area contributed by atoms with Gasteiger partial charge in [-0.25, -0.2) is 4.68 Å². The average Bonchev–Trinajstić information content (AvgIpc) is 3.70. The van der Waals surface area contributed by atoms with E-state index in [0.717, 1.165) is 21.7 Å². The van der Waals surface area contributed by atoms with E-state index in [1.54, 1.807) is 29.2 Å². The topological polar surface area (TPSA) is 74.3 Å². The molecule has 2 aromatic carbocycles. The van der Waals surface area contributed by atoms with E-state index < -0.39 is 0 Å². The van der Waals surface area contributed by atoms with Gasteiger partial charge < -0.3 is 4.74 Å². The zero-order chi connectivity index (χ0) is 25.4. The van der Waals surface area contributed by atoms with E-state index in [4.69, 9.17) is 21.4 Å². The van der Waals surface area contributed by atoms with Gasteiger partial charge in [0.25, 0.3) is 5.56 Å². The van der Waals surface area contributed by atoms with Gasteiger partial charge in [0, 0.05) is 22.2 Å². The van der Waals surface area contributed by atoms with E-state index in [1.807, 2.05) is 84.4 Å². The van der Waals surface area contributed by atoms with E-state index in [0.29, 0.717) is 31.8 Å². The highest BCUT2D eigenvalue weighted by Crippen LogP contribution is 2.32. The highest BCUT2D eigenvalue weighted by molar-refractivity contribution is 7.15. The van der Waals surface area contributed by atoms with E-state index in [2.05, 4.69) is 10.1 Å². The number of thiazole rings is 1. The lowest BCUT2D eigenvalue weighted by Gasteiger charge is -2.05. The van der Waals surface area contributed by atoms with Crippen LogP contribution >= 0.6 is 34.3 Å². The molecule has 0 saturated heterocycles. The third-order valence-corrected chi connectivity index (χ3v) is 7.71. The van der Waals surface area contributed by atoms with Crippen molar-refractivity contribution in [3.63, 3.8) is 0 Å². The Morgan fingerprint density at radius 3 is 2.62 bits per heavy atom. The molecule has 0 fully saturated rings. The van der Waals surface area contributed by atoms with Gasteiger partial charge in [-0.3, -0.25) is 4.79 Å². The van der Waals surface area contributed by atoms with Crippen molar-refractivity contribution >= 4 is 57.5 Å². The van der Waals surface area contributed by atoms with Crippen LogP contribution in [0.5, 0.6) is 5.75 Å². The lowest BCUT2D eigenvalue weighted by molar-refractivity contribution is 0.415. The Bertz CT molecular complexity index is 1850. The van der Waals surface area contributed by atoms with Crippen molar-refractivity contribution in [2.24, 2.45) is 0 Å². The molecule has 7 nitrogen and oxygen atoms in total. The number of benzene rings is 2. The van der Waals surface area contributed by atoms with Gasteiger partial charge in [0.2, 0.25) is 4.96 Å². The summed E-state index contributed by atoms with van der Waals surface area (Å²) in [5.41, 5.74) is 2.93. The van der Waals surface area contributed by atoms with Crippen LogP contribution in [-0.2, 0) is 0 Å². The highest BCUT2D eigenvalue weighted by atomic mass is 35.5. The molecule has 6 rings (SSSR count). The molecule has 0 saturated carbocycles. The van der Waals surface area contributed by atoms with Gasteiger partial charge in [0.15, 0.2) is 5.82 Å². The molecular weight excluding hydrogens is 526 g/mol. The fraction of sp³-hybridized carbons (Fsp3) is 0.0370. The second-order valence-electron chi connectivity index (χ2n) is 7.99. The van der Waals surface area contributed by atoms with Crippen LogP contribution in [0, 0.1) is 0 Å². The largest absolute Gasteiger partial charge is 0.495 e. The molecule has 0 aliphatic heterocycles. The number of fused-ring (bicyclic) bond motifs is 1. The van der Waals surface area contributed by atoms with Gasteiger partial charge in [-0.05, 0) is 60.0 Å². The summed E-state index contributed by atoms with van der Waals surface area (Å²) in [6, 6.07) is 19.3. The number of para-hydroxylation sites is 1. The maximum absolute atomic E-state index is 13.2. The third kappa shape index (κ3) is 4.60. The van der Waals surface area contributed by atoms with Crippen molar-refractivity contribution in [1.82, 2.24) is 24.4 Å². The average molecular weight is 544 g/mol. The lowest BCUT2D eigenvalue weighted by atomic mass is 10.1. The van der Waals surface area contributed by atoms with Gasteiger partial charge >= 0.3 is 0 Å². The quantitative estimate of drug-likeness (QED) is 0.279. The molecule has 0 aliphatic carbocycles. The Hall–Kier alpha value is -4.05. The van der Waals surface area contributed by atoms with E-state index in [-0.39, 0.29) is 5.56 Å². The van der Waals surface area contributed by atoms with Crippen molar-refractivity contribution in [1.29, 1.82) is 0 Å². The molecule has 0 N–H and O–H groups in total. The van der Waals surface area contributed by atoms with Crippen LogP contribution in [0.2, 0.25) is 5.02 Å². The third-order valence-electron chi connectivity index (χ3n) is 5.61. The van der Waals surface area contributed by atoms with Gasteiger partial charge in [-0.1, -0.05) is 47.2 Å². The number of ether oxygens (including phenoxy) is 1. The predicted molar refractivity (Wildman–Crippen MR) is 150 cm³/mol. The molecule has 0 atom stereocenters. The Labute approximate surface area is 224 Å². The van der Waals surface area contributed by atoms with Crippen LogP contribution in [-0.4, -0.2) is 31.5 Å². The maximum Gasteiger partial charge on any atom is 0.291 e.